The second kappa shape index (κ2) is 12.6. The topological polar surface area (TPSA) is 43.6 Å². The molecule has 4 nitrogen and oxygen atoms in total. The van der Waals surface area contributed by atoms with Crippen LogP contribution in [0.2, 0.25) is 0 Å². The van der Waals surface area contributed by atoms with Crippen LogP contribution in [0.4, 0.5) is 0 Å². The molecule has 0 fully saturated rings. The summed E-state index contributed by atoms with van der Waals surface area (Å²) >= 11 is 0. The monoisotopic (exact) mass is 700 g/mol. The Kier molecular flexibility index (Phi) is 7.14. The van der Waals surface area contributed by atoms with Crippen LogP contribution in [-0.4, -0.2) is 19.5 Å². The molecule has 8 aromatic carbocycles. The van der Waals surface area contributed by atoms with Gasteiger partial charge < -0.3 is 4.57 Å². The molecule has 0 saturated carbocycles. The summed E-state index contributed by atoms with van der Waals surface area (Å²) < 4.78 is 2.40. The normalized spacial score (nSPS) is 11.6. The Labute approximate surface area is 317 Å². The SMILES string of the molecule is c1ccc(-c2nc(-c3ccc(-c4ccc5c6cc7nc(-c8ccccc8)c8ccccc8c7cc6n(-c6ccccc6)c5c4)cc3)nc3ccccc23)cc1. The van der Waals surface area contributed by atoms with Gasteiger partial charge in [0.2, 0.25) is 0 Å². The zero-order valence-electron chi connectivity index (χ0n) is 29.8. The first kappa shape index (κ1) is 31.1. The second-order valence-corrected chi connectivity index (χ2v) is 14.0. The van der Waals surface area contributed by atoms with Gasteiger partial charge in [-0.3, -0.25) is 0 Å². The first-order chi connectivity index (χ1) is 27.3. The van der Waals surface area contributed by atoms with Crippen molar-refractivity contribution < 1.29 is 0 Å². The van der Waals surface area contributed by atoms with Crippen LogP contribution in [0.15, 0.2) is 194 Å². The van der Waals surface area contributed by atoms with E-state index in [4.69, 9.17) is 15.0 Å². The van der Waals surface area contributed by atoms with Crippen molar-refractivity contribution in [3.05, 3.63) is 194 Å². The summed E-state index contributed by atoms with van der Waals surface area (Å²) in [5.41, 5.74) is 12.7. The molecule has 0 radical (unpaired) electrons. The lowest BCUT2D eigenvalue weighted by molar-refractivity contribution is 1.18. The minimum atomic E-state index is 0.715. The van der Waals surface area contributed by atoms with Gasteiger partial charge in [-0.05, 0) is 52.9 Å². The summed E-state index contributed by atoms with van der Waals surface area (Å²) in [4.78, 5) is 15.4. The second-order valence-electron chi connectivity index (χ2n) is 14.0. The number of nitrogens with zero attached hydrogens (tertiary/aromatic N) is 4. The number of fused-ring (bicyclic) bond motifs is 7. The standard InChI is InChI=1S/C51H32N4/c1-4-14-34(15-5-1)49-41-21-11-10-20-39(41)43-32-48-44(31-46(43)52-49)40-29-28-37(30-47(40)55(48)38-18-8-3-9-19-38)33-24-26-36(27-25-33)51-53-45-23-13-12-22-42(45)50(54-51)35-16-6-2-7-17-35/h1-32H. The highest BCUT2D eigenvalue weighted by atomic mass is 15.0. The van der Waals surface area contributed by atoms with E-state index in [0.29, 0.717) is 5.82 Å². The molecule has 0 amide bonds. The van der Waals surface area contributed by atoms with Gasteiger partial charge in [0.15, 0.2) is 5.82 Å². The molecule has 0 atom stereocenters. The summed E-state index contributed by atoms with van der Waals surface area (Å²) in [6.45, 7) is 0. The Morgan fingerprint density at radius 1 is 0.291 bits per heavy atom. The molecular weight excluding hydrogens is 669 g/mol. The third-order valence-electron chi connectivity index (χ3n) is 10.8. The van der Waals surface area contributed by atoms with Gasteiger partial charge in [-0.25, -0.2) is 15.0 Å². The number of aromatic nitrogens is 4. The van der Waals surface area contributed by atoms with Crippen LogP contribution in [-0.2, 0) is 0 Å². The van der Waals surface area contributed by atoms with Crippen LogP contribution in [0.25, 0.3) is 105 Å². The van der Waals surface area contributed by atoms with Gasteiger partial charge in [-0.1, -0.05) is 158 Å². The maximum absolute atomic E-state index is 5.33. The number of hydrogen-bond donors (Lipinski definition) is 0. The Morgan fingerprint density at radius 3 is 1.58 bits per heavy atom. The molecule has 0 N–H and O–H groups in total. The highest BCUT2D eigenvalue weighted by molar-refractivity contribution is 6.19. The summed E-state index contributed by atoms with van der Waals surface area (Å²) in [7, 11) is 0. The van der Waals surface area contributed by atoms with E-state index in [9.17, 15) is 0 Å². The van der Waals surface area contributed by atoms with Gasteiger partial charge in [0.1, 0.15) is 0 Å². The molecule has 0 unspecified atom stereocenters. The summed E-state index contributed by atoms with van der Waals surface area (Å²) in [6, 6.07) is 68.5. The highest BCUT2D eigenvalue weighted by Gasteiger charge is 2.18. The van der Waals surface area contributed by atoms with E-state index in [1.807, 2.05) is 18.2 Å². The van der Waals surface area contributed by atoms with Crippen molar-refractivity contribution in [3.63, 3.8) is 0 Å². The molecule has 0 bridgehead atoms. The lowest BCUT2D eigenvalue weighted by Gasteiger charge is -2.12. The van der Waals surface area contributed by atoms with Gasteiger partial charge in [0, 0.05) is 49.3 Å². The molecule has 4 heteroatoms. The van der Waals surface area contributed by atoms with Crippen LogP contribution in [0.1, 0.15) is 0 Å². The van der Waals surface area contributed by atoms with Crippen molar-refractivity contribution >= 4 is 54.4 Å². The van der Waals surface area contributed by atoms with Gasteiger partial charge in [0.25, 0.3) is 0 Å². The summed E-state index contributed by atoms with van der Waals surface area (Å²) in [5.74, 6) is 0.715. The Bertz CT molecular complexity index is 3220. The molecule has 0 aliphatic heterocycles. The average molecular weight is 701 g/mol. The molecule has 11 rings (SSSR count). The Balaban J connectivity index is 1.07. The van der Waals surface area contributed by atoms with E-state index >= 15 is 0 Å². The van der Waals surface area contributed by atoms with Crippen molar-refractivity contribution in [3.8, 4) is 50.7 Å². The predicted octanol–water partition coefficient (Wildman–Crippen LogP) is 13.1. The summed E-state index contributed by atoms with van der Waals surface area (Å²) in [5, 5.41) is 6.91. The molecule has 55 heavy (non-hydrogen) atoms. The van der Waals surface area contributed by atoms with E-state index in [1.54, 1.807) is 0 Å². The lowest BCUT2D eigenvalue weighted by atomic mass is 9.98. The van der Waals surface area contributed by atoms with Crippen molar-refractivity contribution in [2.75, 3.05) is 0 Å². The fraction of sp³-hybridized carbons (Fsp3) is 0. The fourth-order valence-electron chi connectivity index (χ4n) is 8.15. The molecule has 3 aromatic heterocycles. The van der Waals surface area contributed by atoms with Gasteiger partial charge in [-0.2, -0.15) is 0 Å². The lowest BCUT2D eigenvalue weighted by Crippen LogP contribution is -1.95. The first-order valence-electron chi connectivity index (χ1n) is 18.6. The number of benzene rings is 8. The van der Waals surface area contributed by atoms with Crippen molar-refractivity contribution in [2.24, 2.45) is 0 Å². The van der Waals surface area contributed by atoms with Crippen LogP contribution < -0.4 is 0 Å². The molecule has 0 saturated heterocycles. The van der Waals surface area contributed by atoms with Crippen molar-refractivity contribution in [1.29, 1.82) is 0 Å². The number of hydrogen-bond acceptors (Lipinski definition) is 3. The largest absolute Gasteiger partial charge is 0.309 e. The van der Waals surface area contributed by atoms with Crippen molar-refractivity contribution in [2.45, 2.75) is 0 Å². The molecule has 3 heterocycles. The molecule has 11 aromatic rings. The quantitative estimate of drug-likeness (QED) is 0.168. The molecule has 0 aliphatic carbocycles. The van der Waals surface area contributed by atoms with E-state index in [1.165, 1.54) is 16.2 Å². The molecule has 0 aliphatic rings. The van der Waals surface area contributed by atoms with Crippen LogP contribution in [0, 0.1) is 0 Å². The zero-order valence-corrected chi connectivity index (χ0v) is 29.8. The van der Waals surface area contributed by atoms with Crippen molar-refractivity contribution in [1.82, 2.24) is 19.5 Å². The highest BCUT2D eigenvalue weighted by Crippen LogP contribution is 2.40. The molecule has 256 valence electrons. The first-order valence-corrected chi connectivity index (χ1v) is 18.6. The van der Waals surface area contributed by atoms with E-state index in [2.05, 4.69) is 180 Å². The van der Waals surface area contributed by atoms with E-state index in [0.717, 1.165) is 83.1 Å². The van der Waals surface area contributed by atoms with Gasteiger partial charge in [-0.15, -0.1) is 0 Å². The molecule has 0 spiro atoms. The maximum Gasteiger partial charge on any atom is 0.160 e. The smallest absolute Gasteiger partial charge is 0.160 e. The number of pyridine rings is 1. The predicted molar refractivity (Wildman–Crippen MR) is 228 cm³/mol. The number of para-hydroxylation sites is 2. The zero-order chi connectivity index (χ0) is 36.3. The summed E-state index contributed by atoms with van der Waals surface area (Å²) in [6.07, 6.45) is 0. The van der Waals surface area contributed by atoms with E-state index < -0.39 is 0 Å². The Hall–Kier alpha value is -7.43. The molecular formula is C51H32N4. The minimum Gasteiger partial charge on any atom is -0.309 e. The van der Waals surface area contributed by atoms with Crippen LogP contribution in [0.3, 0.4) is 0 Å². The fourth-order valence-corrected chi connectivity index (χ4v) is 8.15. The number of rotatable bonds is 5. The third kappa shape index (κ3) is 5.19. The maximum atomic E-state index is 5.33. The van der Waals surface area contributed by atoms with Crippen LogP contribution >= 0.6 is 0 Å². The van der Waals surface area contributed by atoms with Gasteiger partial charge >= 0.3 is 0 Å². The van der Waals surface area contributed by atoms with Gasteiger partial charge in [0.05, 0.1) is 33.5 Å². The minimum absolute atomic E-state index is 0.715. The third-order valence-corrected chi connectivity index (χ3v) is 10.8. The van der Waals surface area contributed by atoms with E-state index in [-0.39, 0.29) is 0 Å². The Morgan fingerprint density at radius 2 is 0.855 bits per heavy atom. The average Bonchev–Trinajstić information content (AvgIpc) is 3.58. The van der Waals surface area contributed by atoms with Crippen LogP contribution in [0.5, 0.6) is 0 Å².